The van der Waals surface area contributed by atoms with E-state index in [1.807, 2.05) is 0 Å². The van der Waals surface area contributed by atoms with Gasteiger partial charge in [0.05, 0.1) is 12.0 Å². The molecule has 0 radical (unpaired) electrons. The Labute approximate surface area is 65.8 Å². The van der Waals surface area contributed by atoms with Gasteiger partial charge >= 0.3 is 6.18 Å². The van der Waals surface area contributed by atoms with Crippen LogP contribution in [0.15, 0.2) is 12.5 Å². The summed E-state index contributed by atoms with van der Waals surface area (Å²) in [6.45, 7) is -1.97. The second kappa shape index (κ2) is 3.12. The standard InChI is InChI=1S/C6H6F4N2/c7-1-5-2-12(4-11-5)3-6(8,9)10/h2,4H,1,3H2. The predicted octanol–water partition coefficient (Wildman–Crippen LogP) is 1.91. The number of nitrogens with zero attached hydrogens (tertiary/aromatic N) is 2. The maximum atomic E-state index is 11.8. The van der Waals surface area contributed by atoms with Crippen molar-refractivity contribution in [3.05, 3.63) is 18.2 Å². The number of aromatic nitrogens is 2. The molecule has 0 fully saturated rings. The summed E-state index contributed by atoms with van der Waals surface area (Å²) in [7, 11) is 0. The van der Waals surface area contributed by atoms with Gasteiger partial charge in [0, 0.05) is 6.20 Å². The number of imidazole rings is 1. The van der Waals surface area contributed by atoms with Gasteiger partial charge in [0.1, 0.15) is 13.2 Å². The summed E-state index contributed by atoms with van der Waals surface area (Å²) >= 11 is 0. The Hall–Kier alpha value is -1.07. The van der Waals surface area contributed by atoms with Crippen molar-refractivity contribution in [3.63, 3.8) is 0 Å². The molecule has 0 atom stereocenters. The highest BCUT2D eigenvalue weighted by molar-refractivity contribution is 4.94. The van der Waals surface area contributed by atoms with Gasteiger partial charge in [0.15, 0.2) is 0 Å². The summed E-state index contributed by atoms with van der Waals surface area (Å²) in [4.78, 5) is 3.41. The van der Waals surface area contributed by atoms with Gasteiger partial charge in [-0.05, 0) is 0 Å². The first-order valence-corrected chi connectivity index (χ1v) is 3.14. The molecule has 0 bridgehead atoms. The average molecular weight is 182 g/mol. The molecule has 0 aliphatic heterocycles. The van der Waals surface area contributed by atoms with E-state index in [-0.39, 0.29) is 5.69 Å². The van der Waals surface area contributed by atoms with E-state index in [0.29, 0.717) is 0 Å². The quantitative estimate of drug-likeness (QED) is 0.639. The molecule has 1 heterocycles. The third-order valence-corrected chi connectivity index (χ3v) is 1.19. The first-order valence-electron chi connectivity index (χ1n) is 3.14. The molecule has 0 aliphatic carbocycles. The monoisotopic (exact) mass is 182 g/mol. The van der Waals surface area contributed by atoms with Crippen molar-refractivity contribution >= 4 is 0 Å². The van der Waals surface area contributed by atoms with Crippen LogP contribution in [0.2, 0.25) is 0 Å². The van der Waals surface area contributed by atoms with Crippen LogP contribution < -0.4 is 0 Å². The van der Waals surface area contributed by atoms with Crippen molar-refractivity contribution in [3.8, 4) is 0 Å². The van der Waals surface area contributed by atoms with Gasteiger partial charge in [-0.15, -0.1) is 0 Å². The van der Waals surface area contributed by atoms with Crippen LogP contribution in [-0.2, 0) is 13.2 Å². The molecule has 2 nitrogen and oxygen atoms in total. The maximum Gasteiger partial charge on any atom is 0.406 e. The average Bonchev–Trinajstić information content (AvgIpc) is 2.32. The Kier molecular flexibility index (Phi) is 2.35. The fourth-order valence-corrected chi connectivity index (χ4v) is 0.769. The van der Waals surface area contributed by atoms with Gasteiger partial charge in [-0.3, -0.25) is 0 Å². The molecule has 0 aromatic carbocycles. The summed E-state index contributed by atoms with van der Waals surface area (Å²) in [6, 6.07) is 0. The van der Waals surface area contributed by atoms with Crippen LogP contribution in [0.4, 0.5) is 17.6 Å². The lowest BCUT2D eigenvalue weighted by Crippen LogP contribution is -2.16. The van der Waals surface area contributed by atoms with Crippen molar-refractivity contribution in [1.82, 2.24) is 9.55 Å². The zero-order valence-corrected chi connectivity index (χ0v) is 5.98. The zero-order chi connectivity index (χ0) is 9.19. The SMILES string of the molecule is FCc1cn(CC(F)(F)F)cn1. The van der Waals surface area contributed by atoms with Crippen LogP contribution in [0.3, 0.4) is 0 Å². The highest BCUT2D eigenvalue weighted by Crippen LogP contribution is 2.17. The van der Waals surface area contributed by atoms with E-state index in [9.17, 15) is 17.6 Å². The molecule has 0 aliphatic rings. The molecule has 1 aromatic heterocycles. The minimum absolute atomic E-state index is 0.0132. The minimum Gasteiger partial charge on any atom is -0.328 e. The third-order valence-electron chi connectivity index (χ3n) is 1.19. The topological polar surface area (TPSA) is 17.8 Å². The van der Waals surface area contributed by atoms with Gasteiger partial charge in [0.2, 0.25) is 0 Å². The van der Waals surface area contributed by atoms with Crippen LogP contribution in [0.25, 0.3) is 0 Å². The molecule has 68 valence electrons. The van der Waals surface area contributed by atoms with Gasteiger partial charge in [0.25, 0.3) is 0 Å². The highest BCUT2D eigenvalue weighted by Gasteiger charge is 2.27. The van der Waals surface area contributed by atoms with Crippen molar-refractivity contribution < 1.29 is 17.6 Å². The first kappa shape index (κ1) is 9.02. The predicted molar refractivity (Wildman–Crippen MR) is 33.1 cm³/mol. The lowest BCUT2D eigenvalue weighted by Gasteiger charge is -2.05. The zero-order valence-electron chi connectivity index (χ0n) is 5.98. The highest BCUT2D eigenvalue weighted by atomic mass is 19.4. The molecule has 0 saturated heterocycles. The molecule has 0 N–H and O–H groups in total. The Balaban J connectivity index is 2.64. The molecule has 12 heavy (non-hydrogen) atoms. The smallest absolute Gasteiger partial charge is 0.328 e. The van der Waals surface area contributed by atoms with Crippen LogP contribution in [0.5, 0.6) is 0 Å². The van der Waals surface area contributed by atoms with E-state index in [2.05, 4.69) is 4.98 Å². The summed E-state index contributed by atoms with van der Waals surface area (Å²) in [5, 5.41) is 0. The third kappa shape index (κ3) is 2.52. The van der Waals surface area contributed by atoms with Crippen molar-refractivity contribution in [2.24, 2.45) is 0 Å². The van der Waals surface area contributed by atoms with Crippen LogP contribution >= 0.6 is 0 Å². The van der Waals surface area contributed by atoms with Crippen molar-refractivity contribution in [2.45, 2.75) is 19.4 Å². The number of halogens is 4. The summed E-state index contributed by atoms with van der Waals surface area (Å²) in [5.41, 5.74) is 0.0132. The molecule has 0 saturated carbocycles. The van der Waals surface area contributed by atoms with Crippen molar-refractivity contribution in [1.29, 1.82) is 0 Å². The summed E-state index contributed by atoms with van der Waals surface area (Å²) in [5.74, 6) is 0. The lowest BCUT2D eigenvalue weighted by atomic mass is 10.5. The van der Waals surface area contributed by atoms with Gasteiger partial charge in [-0.2, -0.15) is 13.2 Å². The number of hydrogen-bond acceptors (Lipinski definition) is 1. The largest absolute Gasteiger partial charge is 0.406 e. The Morgan fingerprint density at radius 3 is 2.50 bits per heavy atom. The Bertz CT molecular complexity index is 252. The molecule has 0 unspecified atom stereocenters. The summed E-state index contributed by atoms with van der Waals surface area (Å²) in [6.07, 6.45) is -2.29. The van der Waals surface area contributed by atoms with E-state index in [0.717, 1.165) is 17.1 Å². The van der Waals surface area contributed by atoms with Gasteiger partial charge < -0.3 is 4.57 Å². The molecule has 1 rings (SSSR count). The molecule has 0 spiro atoms. The van der Waals surface area contributed by atoms with Crippen LogP contribution in [-0.4, -0.2) is 15.7 Å². The second-order valence-electron chi connectivity index (χ2n) is 2.29. The fraction of sp³-hybridized carbons (Fsp3) is 0.500. The summed E-state index contributed by atoms with van der Waals surface area (Å²) < 4.78 is 47.8. The van der Waals surface area contributed by atoms with Crippen LogP contribution in [0, 0.1) is 0 Å². The van der Waals surface area contributed by atoms with E-state index in [1.54, 1.807) is 0 Å². The number of alkyl halides is 4. The van der Waals surface area contributed by atoms with Crippen molar-refractivity contribution in [2.75, 3.05) is 0 Å². The van der Waals surface area contributed by atoms with E-state index in [1.165, 1.54) is 0 Å². The Morgan fingerprint density at radius 2 is 2.08 bits per heavy atom. The van der Waals surface area contributed by atoms with E-state index in [4.69, 9.17) is 0 Å². The lowest BCUT2D eigenvalue weighted by molar-refractivity contribution is -0.140. The maximum absolute atomic E-state index is 11.8. The minimum atomic E-state index is -4.28. The molecule has 0 amide bonds. The normalized spacial score (nSPS) is 12.0. The number of hydrogen-bond donors (Lipinski definition) is 0. The second-order valence-corrected chi connectivity index (χ2v) is 2.29. The Morgan fingerprint density at radius 1 is 1.42 bits per heavy atom. The molecular weight excluding hydrogens is 176 g/mol. The molecule has 6 heteroatoms. The van der Waals surface area contributed by atoms with Gasteiger partial charge in [-0.25, -0.2) is 9.37 Å². The van der Waals surface area contributed by atoms with Gasteiger partial charge in [-0.1, -0.05) is 0 Å². The van der Waals surface area contributed by atoms with E-state index < -0.39 is 19.4 Å². The number of rotatable bonds is 2. The van der Waals surface area contributed by atoms with Crippen LogP contribution in [0.1, 0.15) is 5.69 Å². The first-order chi connectivity index (χ1) is 5.51. The van der Waals surface area contributed by atoms with E-state index >= 15 is 0 Å². The molecular formula is C6H6F4N2. The fourth-order valence-electron chi connectivity index (χ4n) is 0.769. The molecule has 1 aromatic rings.